The predicted molar refractivity (Wildman–Crippen MR) is 96.9 cm³/mol. The zero-order valence-electron chi connectivity index (χ0n) is 14.1. The van der Waals surface area contributed by atoms with Crippen LogP contribution in [0.25, 0.3) is 5.65 Å². The van der Waals surface area contributed by atoms with Gasteiger partial charge in [0.25, 0.3) is 5.56 Å². The Hall–Kier alpha value is -2.10. The Morgan fingerprint density at radius 2 is 1.92 bits per heavy atom. The van der Waals surface area contributed by atoms with Crippen molar-refractivity contribution in [1.82, 2.24) is 19.5 Å². The molecule has 0 bridgehead atoms. The largest absolute Gasteiger partial charge is 0.304 e. The molecule has 0 saturated carbocycles. The summed E-state index contributed by atoms with van der Waals surface area (Å²) in [6.07, 6.45) is 1.75. The van der Waals surface area contributed by atoms with Gasteiger partial charge in [-0.05, 0) is 32.5 Å². The van der Waals surface area contributed by atoms with Crippen molar-refractivity contribution in [3.63, 3.8) is 0 Å². The molecule has 2 aromatic heterocycles. The third kappa shape index (κ3) is 3.22. The van der Waals surface area contributed by atoms with Crippen LogP contribution in [0.15, 0.2) is 56.0 Å². The maximum atomic E-state index is 13.1. The van der Waals surface area contributed by atoms with Gasteiger partial charge in [-0.15, -0.1) is 11.8 Å². The third-order valence-corrected chi connectivity index (χ3v) is 6.25. The Morgan fingerprint density at radius 1 is 1.24 bits per heavy atom. The molecule has 2 heterocycles. The predicted octanol–water partition coefficient (Wildman–Crippen LogP) is 1.64. The number of nitrogens with zero attached hydrogens (tertiary/aromatic N) is 3. The van der Waals surface area contributed by atoms with E-state index in [1.54, 1.807) is 24.5 Å². The van der Waals surface area contributed by atoms with Gasteiger partial charge in [0.2, 0.25) is 9.84 Å². The lowest BCUT2D eigenvalue weighted by Gasteiger charge is -2.09. The first kappa shape index (κ1) is 17.7. The maximum Gasteiger partial charge on any atom is 0.273 e. The van der Waals surface area contributed by atoms with Gasteiger partial charge in [-0.3, -0.25) is 9.89 Å². The third-order valence-electron chi connectivity index (χ3n) is 3.60. The van der Waals surface area contributed by atoms with E-state index in [1.807, 2.05) is 19.0 Å². The van der Waals surface area contributed by atoms with Crippen LogP contribution in [-0.2, 0) is 16.4 Å². The Labute approximate surface area is 149 Å². The lowest BCUT2D eigenvalue weighted by atomic mass is 10.4. The minimum Gasteiger partial charge on any atom is -0.304 e. The zero-order chi connectivity index (χ0) is 18.2. The van der Waals surface area contributed by atoms with Gasteiger partial charge in [-0.25, -0.2) is 13.4 Å². The van der Waals surface area contributed by atoms with Crippen molar-refractivity contribution in [2.45, 2.75) is 21.4 Å². The van der Waals surface area contributed by atoms with Gasteiger partial charge in [0.05, 0.1) is 10.6 Å². The number of sulfone groups is 1. The summed E-state index contributed by atoms with van der Waals surface area (Å²) in [6, 6.07) is 9.55. The van der Waals surface area contributed by atoms with E-state index >= 15 is 0 Å². The van der Waals surface area contributed by atoms with Gasteiger partial charge in [0.1, 0.15) is 9.92 Å². The summed E-state index contributed by atoms with van der Waals surface area (Å²) in [5, 5.41) is 3.24. The van der Waals surface area contributed by atoms with E-state index in [4.69, 9.17) is 0 Å². The Bertz CT molecular complexity index is 1070. The second kappa shape index (κ2) is 6.66. The molecule has 3 aromatic rings. The minimum atomic E-state index is -3.81. The second-order valence-corrected chi connectivity index (χ2v) is 8.48. The van der Waals surface area contributed by atoms with Crippen LogP contribution in [0.1, 0.15) is 5.69 Å². The fourth-order valence-electron chi connectivity index (χ4n) is 2.55. The Balaban J connectivity index is 2.33. The molecule has 0 fully saturated rings. The summed E-state index contributed by atoms with van der Waals surface area (Å²) in [7, 11) is -0.101. The molecule has 0 aliphatic carbocycles. The smallest absolute Gasteiger partial charge is 0.273 e. The number of aromatic nitrogens is 3. The Kier molecular flexibility index (Phi) is 4.72. The monoisotopic (exact) mass is 378 g/mol. The van der Waals surface area contributed by atoms with Crippen molar-refractivity contribution < 1.29 is 8.42 Å². The quantitative estimate of drug-likeness (QED) is 0.679. The summed E-state index contributed by atoms with van der Waals surface area (Å²) < 4.78 is 27.4. The van der Waals surface area contributed by atoms with Gasteiger partial charge in [-0.2, -0.15) is 4.52 Å². The number of fused-ring (bicyclic) bond motifs is 1. The summed E-state index contributed by atoms with van der Waals surface area (Å²) in [4.78, 5) is 18.9. The fourth-order valence-corrected chi connectivity index (χ4v) is 5.00. The van der Waals surface area contributed by atoms with E-state index in [0.29, 0.717) is 17.3 Å². The second-order valence-electron chi connectivity index (χ2n) is 5.77. The molecule has 0 saturated heterocycles. The first-order chi connectivity index (χ1) is 11.8. The lowest BCUT2D eigenvalue weighted by molar-refractivity contribution is 0.396. The first-order valence-corrected chi connectivity index (χ1v) is 10.2. The number of aromatic amines is 1. The highest BCUT2D eigenvalue weighted by molar-refractivity contribution is 7.99. The molecule has 9 heteroatoms. The van der Waals surface area contributed by atoms with Crippen LogP contribution in [0.2, 0.25) is 0 Å². The van der Waals surface area contributed by atoms with E-state index in [1.165, 1.54) is 34.5 Å². The average molecular weight is 378 g/mol. The number of benzene rings is 1. The van der Waals surface area contributed by atoms with Gasteiger partial charge in [-0.1, -0.05) is 18.2 Å². The molecular formula is C16H18N4O3S2. The van der Waals surface area contributed by atoms with E-state index in [2.05, 4.69) is 10.1 Å². The van der Waals surface area contributed by atoms with Crippen LogP contribution in [-0.4, -0.2) is 48.3 Å². The van der Waals surface area contributed by atoms with Gasteiger partial charge in [0, 0.05) is 12.6 Å². The number of hydrogen-bond donors (Lipinski definition) is 1. The molecule has 0 aliphatic rings. The molecule has 0 aliphatic heterocycles. The van der Waals surface area contributed by atoms with Gasteiger partial charge < -0.3 is 4.90 Å². The number of hydrogen-bond acceptors (Lipinski definition) is 6. The van der Waals surface area contributed by atoms with Crippen LogP contribution < -0.4 is 5.56 Å². The van der Waals surface area contributed by atoms with Crippen molar-refractivity contribution in [2.75, 3.05) is 20.4 Å². The van der Waals surface area contributed by atoms with Crippen LogP contribution in [0, 0.1) is 0 Å². The summed E-state index contributed by atoms with van der Waals surface area (Å²) in [5.74, 6) is 0. The molecule has 0 atom stereocenters. The molecule has 3 rings (SSSR count). The van der Waals surface area contributed by atoms with Crippen molar-refractivity contribution in [3.05, 3.63) is 52.4 Å². The van der Waals surface area contributed by atoms with E-state index < -0.39 is 9.84 Å². The highest BCUT2D eigenvalue weighted by Gasteiger charge is 2.28. The molecule has 7 nitrogen and oxygen atoms in total. The number of H-pyrrole nitrogens is 1. The van der Waals surface area contributed by atoms with Crippen LogP contribution in [0.3, 0.4) is 0 Å². The Morgan fingerprint density at radius 3 is 2.52 bits per heavy atom. The van der Waals surface area contributed by atoms with E-state index in [0.717, 1.165) is 0 Å². The van der Waals surface area contributed by atoms with Crippen molar-refractivity contribution in [3.8, 4) is 0 Å². The zero-order valence-corrected chi connectivity index (χ0v) is 15.7. The summed E-state index contributed by atoms with van der Waals surface area (Å²) in [6.45, 7) is 0.441. The van der Waals surface area contributed by atoms with Crippen LogP contribution >= 0.6 is 11.8 Å². The number of nitrogens with one attached hydrogen (secondary N) is 1. The minimum absolute atomic E-state index is 0.0314. The summed E-state index contributed by atoms with van der Waals surface area (Å²) >= 11 is 1.23. The molecule has 1 aromatic carbocycles. The molecule has 0 unspecified atom stereocenters. The molecular weight excluding hydrogens is 360 g/mol. The van der Waals surface area contributed by atoms with Crippen LogP contribution in [0.4, 0.5) is 0 Å². The highest BCUT2D eigenvalue weighted by Crippen LogP contribution is 2.31. The molecule has 0 radical (unpaired) electrons. The molecule has 132 valence electrons. The topological polar surface area (TPSA) is 87.5 Å². The SMILES string of the molecule is CSc1[nH]n2c(=O)cc(CN(C)C)nc2c1S(=O)(=O)c1ccccc1. The average Bonchev–Trinajstić information content (AvgIpc) is 2.95. The number of rotatable bonds is 5. The van der Waals surface area contributed by atoms with Crippen molar-refractivity contribution in [1.29, 1.82) is 0 Å². The standard InChI is InChI=1S/C16H18N4O3S2/c1-19(2)10-11-9-13(21)20-15(17-11)14(16(18-20)24-3)25(22,23)12-7-5-4-6-8-12/h4-9,18H,10H2,1-3H3. The molecule has 0 amide bonds. The first-order valence-electron chi connectivity index (χ1n) is 7.48. The highest BCUT2D eigenvalue weighted by atomic mass is 32.2. The van der Waals surface area contributed by atoms with E-state index in [9.17, 15) is 13.2 Å². The fraction of sp³-hybridized carbons (Fsp3) is 0.250. The maximum absolute atomic E-state index is 13.1. The molecule has 0 spiro atoms. The number of thioether (sulfide) groups is 1. The molecule has 25 heavy (non-hydrogen) atoms. The molecule has 1 N–H and O–H groups in total. The van der Waals surface area contributed by atoms with Crippen molar-refractivity contribution >= 4 is 27.2 Å². The van der Waals surface area contributed by atoms with E-state index in [-0.39, 0.29) is 21.0 Å². The van der Waals surface area contributed by atoms with Gasteiger partial charge >= 0.3 is 0 Å². The van der Waals surface area contributed by atoms with Gasteiger partial charge in [0.15, 0.2) is 5.65 Å². The summed E-state index contributed by atoms with van der Waals surface area (Å²) in [5.41, 5.74) is 0.301. The normalized spacial score (nSPS) is 12.2. The van der Waals surface area contributed by atoms with Crippen LogP contribution in [0.5, 0.6) is 0 Å². The van der Waals surface area contributed by atoms with Crippen molar-refractivity contribution in [2.24, 2.45) is 0 Å². The lowest BCUT2D eigenvalue weighted by Crippen LogP contribution is -2.19.